The third-order valence-corrected chi connectivity index (χ3v) is 4.15. The van der Waals surface area contributed by atoms with Crippen LogP contribution >= 0.6 is 0 Å². The highest BCUT2D eigenvalue weighted by Gasteiger charge is 2.18. The van der Waals surface area contributed by atoms with Gasteiger partial charge in [0.05, 0.1) is 0 Å². The number of nitrogens with zero attached hydrogens (tertiary/aromatic N) is 3. The van der Waals surface area contributed by atoms with E-state index in [1.54, 1.807) is 79.7 Å². The van der Waals surface area contributed by atoms with Gasteiger partial charge in [0.1, 0.15) is 17.2 Å². The van der Waals surface area contributed by atoms with Crippen molar-refractivity contribution in [2.24, 2.45) is 15.0 Å². The fourth-order valence-electron chi connectivity index (χ4n) is 2.47. The summed E-state index contributed by atoms with van der Waals surface area (Å²) in [5, 5.41) is 29.9. The van der Waals surface area contributed by atoms with Crippen LogP contribution in [0.15, 0.2) is 87.8 Å². The molecule has 3 aromatic rings. The van der Waals surface area contributed by atoms with Gasteiger partial charge in [0, 0.05) is 42.3 Å². The number of phenols is 3. The molecule has 3 aromatic carbocycles. The maximum atomic E-state index is 9.96. The highest BCUT2D eigenvalue weighted by atomic mass is 16.3. The Labute approximate surface area is 168 Å². The van der Waals surface area contributed by atoms with Gasteiger partial charge < -0.3 is 15.3 Å². The Balaban J connectivity index is 1.97. The molecule has 0 aliphatic heterocycles. The molecular formula is C23H21N3O3. The molecule has 0 fully saturated rings. The van der Waals surface area contributed by atoms with Gasteiger partial charge in [-0.1, -0.05) is 36.4 Å². The molecule has 0 unspecified atom stereocenters. The van der Waals surface area contributed by atoms with Crippen LogP contribution in [-0.2, 0) is 0 Å². The van der Waals surface area contributed by atoms with Crippen LogP contribution in [0, 0.1) is 0 Å². The molecule has 0 saturated heterocycles. The lowest BCUT2D eigenvalue weighted by atomic mass is 10.2. The summed E-state index contributed by atoms with van der Waals surface area (Å²) in [6.07, 6.45) is 4.46. The van der Waals surface area contributed by atoms with Gasteiger partial charge in [-0.3, -0.25) is 0 Å². The first kappa shape index (κ1) is 19.8. The second-order valence-corrected chi connectivity index (χ2v) is 6.42. The number of hydrogen-bond donors (Lipinski definition) is 3. The molecule has 0 aliphatic rings. The first-order chi connectivity index (χ1) is 14.0. The number of aliphatic imine (C=N–C) groups is 3. The summed E-state index contributed by atoms with van der Waals surface area (Å²) in [6, 6.07) is 20.4. The maximum absolute atomic E-state index is 9.96. The molecule has 146 valence electrons. The molecule has 29 heavy (non-hydrogen) atoms. The van der Waals surface area contributed by atoms with Crippen molar-refractivity contribution in [1.29, 1.82) is 0 Å². The van der Waals surface area contributed by atoms with Gasteiger partial charge in [-0.05, 0) is 36.4 Å². The van der Waals surface area contributed by atoms with Crippen molar-refractivity contribution in [2.75, 3.05) is 0 Å². The molecule has 3 N–H and O–H groups in total. The van der Waals surface area contributed by atoms with Crippen molar-refractivity contribution >= 4 is 18.6 Å². The van der Waals surface area contributed by atoms with Gasteiger partial charge in [-0.2, -0.15) is 0 Å². The smallest absolute Gasteiger partial charge is 0.241 e. The predicted octanol–water partition coefficient (Wildman–Crippen LogP) is 4.13. The zero-order valence-corrected chi connectivity index (χ0v) is 15.8. The maximum Gasteiger partial charge on any atom is 0.241 e. The Kier molecular flexibility index (Phi) is 6.04. The molecule has 0 heterocycles. The van der Waals surface area contributed by atoms with Crippen molar-refractivity contribution in [3.05, 3.63) is 89.5 Å². The zero-order valence-electron chi connectivity index (χ0n) is 15.8. The van der Waals surface area contributed by atoms with E-state index < -0.39 is 5.79 Å². The van der Waals surface area contributed by atoms with Crippen LogP contribution in [0.2, 0.25) is 0 Å². The standard InChI is InChI=1S/C23H21N3O3/c1-23(24-14-17-8-2-5-11-20(17)27,25-15-18-9-3-6-12-21(18)28)26-16-19-10-4-7-13-22(19)29/h2-16,27-29H,1H3/b24-14+,25-15+,26-16+. The summed E-state index contributed by atoms with van der Waals surface area (Å²) in [7, 11) is 0. The van der Waals surface area contributed by atoms with E-state index in [0.717, 1.165) is 0 Å². The normalized spacial score (nSPS) is 12.3. The topological polar surface area (TPSA) is 97.8 Å². The molecule has 0 atom stereocenters. The number of benzene rings is 3. The van der Waals surface area contributed by atoms with Crippen LogP contribution in [0.4, 0.5) is 0 Å². The van der Waals surface area contributed by atoms with E-state index in [9.17, 15) is 15.3 Å². The molecule has 0 radical (unpaired) electrons. The molecule has 0 saturated carbocycles. The fourth-order valence-corrected chi connectivity index (χ4v) is 2.47. The first-order valence-corrected chi connectivity index (χ1v) is 8.96. The van der Waals surface area contributed by atoms with Crippen molar-refractivity contribution < 1.29 is 15.3 Å². The number of aromatic hydroxyl groups is 3. The van der Waals surface area contributed by atoms with Gasteiger partial charge >= 0.3 is 0 Å². The summed E-state index contributed by atoms with van der Waals surface area (Å²) in [6.45, 7) is 1.68. The number of rotatable bonds is 6. The van der Waals surface area contributed by atoms with E-state index in [0.29, 0.717) is 16.7 Å². The summed E-state index contributed by atoms with van der Waals surface area (Å²) >= 11 is 0. The van der Waals surface area contributed by atoms with Crippen molar-refractivity contribution in [3.8, 4) is 17.2 Å². The average molecular weight is 387 g/mol. The molecule has 0 aromatic heterocycles. The minimum Gasteiger partial charge on any atom is -0.507 e. The van der Waals surface area contributed by atoms with E-state index in [2.05, 4.69) is 15.0 Å². The summed E-state index contributed by atoms with van der Waals surface area (Å²) in [4.78, 5) is 13.3. The lowest BCUT2D eigenvalue weighted by Gasteiger charge is -2.15. The largest absolute Gasteiger partial charge is 0.507 e. The molecule has 0 aliphatic carbocycles. The van der Waals surface area contributed by atoms with E-state index in [-0.39, 0.29) is 17.2 Å². The fraction of sp³-hybridized carbons (Fsp3) is 0.0870. The van der Waals surface area contributed by atoms with Gasteiger partial charge in [0.2, 0.25) is 5.79 Å². The van der Waals surface area contributed by atoms with Gasteiger partial charge in [-0.25, -0.2) is 15.0 Å². The van der Waals surface area contributed by atoms with E-state index >= 15 is 0 Å². The van der Waals surface area contributed by atoms with Crippen molar-refractivity contribution in [2.45, 2.75) is 12.7 Å². The molecule has 3 rings (SSSR count). The minimum absolute atomic E-state index is 0.0907. The monoisotopic (exact) mass is 387 g/mol. The average Bonchev–Trinajstić information content (AvgIpc) is 2.72. The quantitative estimate of drug-likeness (QED) is 0.555. The van der Waals surface area contributed by atoms with Crippen LogP contribution in [0.25, 0.3) is 0 Å². The third-order valence-electron chi connectivity index (χ3n) is 4.15. The Morgan fingerprint density at radius 1 is 0.552 bits per heavy atom. The minimum atomic E-state index is -1.28. The Hall–Kier alpha value is -3.93. The SMILES string of the molecule is CC(/N=C/c1ccccc1O)(/N=C/c1ccccc1O)/N=C/c1ccccc1O. The second kappa shape index (κ2) is 8.84. The van der Waals surface area contributed by atoms with Crippen LogP contribution in [0.3, 0.4) is 0 Å². The van der Waals surface area contributed by atoms with Gasteiger partial charge in [0.15, 0.2) is 0 Å². The lowest BCUT2D eigenvalue weighted by Crippen LogP contribution is -2.17. The first-order valence-electron chi connectivity index (χ1n) is 8.96. The number of phenolic OH excluding ortho intramolecular Hbond substituents is 3. The highest BCUT2D eigenvalue weighted by molar-refractivity contribution is 5.87. The summed E-state index contributed by atoms with van der Waals surface area (Å²) < 4.78 is 0. The molecule has 0 amide bonds. The van der Waals surface area contributed by atoms with Crippen molar-refractivity contribution in [3.63, 3.8) is 0 Å². The highest BCUT2D eigenvalue weighted by Crippen LogP contribution is 2.21. The van der Waals surface area contributed by atoms with Gasteiger partial charge in [0.25, 0.3) is 0 Å². The van der Waals surface area contributed by atoms with Crippen LogP contribution < -0.4 is 0 Å². The summed E-state index contributed by atoms with van der Waals surface area (Å²) in [5.41, 5.74) is 1.57. The van der Waals surface area contributed by atoms with E-state index in [1.807, 2.05) is 0 Å². The second-order valence-electron chi connectivity index (χ2n) is 6.42. The van der Waals surface area contributed by atoms with Crippen LogP contribution in [-0.4, -0.2) is 39.8 Å². The lowest BCUT2D eigenvalue weighted by molar-refractivity contribution is 0.474. The van der Waals surface area contributed by atoms with Crippen molar-refractivity contribution in [1.82, 2.24) is 0 Å². The molecular weight excluding hydrogens is 366 g/mol. The summed E-state index contributed by atoms with van der Waals surface area (Å²) in [5.74, 6) is -1.01. The van der Waals surface area contributed by atoms with E-state index in [4.69, 9.17) is 0 Å². The Bertz CT molecular complexity index is 940. The third kappa shape index (κ3) is 5.29. The molecule has 0 spiro atoms. The number of para-hydroxylation sites is 3. The van der Waals surface area contributed by atoms with Gasteiger partial charge in [-0.15, -0.1) is 0 Å². The predicted molar refractivity (Wildman–Crippen MR) is 116 cm³/mol. The number of hydrogen-bond acceptors (Lipinski definition) is 6. The Morgan fingerprint density at radius 3 is 1.10 bits per heavy atom. The van der Waals surface area contributed by atoms with E-state index in [1.165, 1.54) is 18.6 Å². The van der Waals surface area contributed by atoms with Crippen LogP contribution in [0.1, 0.15) is 23.6 Å². The zero-order chi connectivity index (χ0) is 20.7. The van der Waals surface area contributed by atoms with Crippen LogP contribution in [0.5, 0.6) is 17.2 Å². The molecule has 6 heteroatoms. The Morgan fingerprint density at radius 2 is 0.828 bits per heavy atom. The molecule has 0 bridgehead atoms. The molecule has 6 nitrogen and oxygen atoms in total.